The molecule has 0 atom stereocenters. The summed E-state index contributed by atoms with van der Waals surface area (Å²) < 4.78 is 17.6. The van der Waals surface area contributed by atoms with Crippen LogP contribution in [0.15, 0.2) is 77.3 Å². The average molecular weight is 580 g/mol. The van der Waals surface area contributed by atoms with E-state index in [1.807, 2.05) is 62.1 Å². The van der Waals surface area contributed by atoms with Gasteiger partial charge >= 0.3 is 0 Å². The molecule has 2 bridgehead atoms. The second-order valence-electron chi connectivity index (χ2n) is 10.5. The van der Waals surface area contributed by atoms with E-state index in [0.717, 1.165) is 60.5 Å². The standard InChI is InChI=1S/C34H33N3O4S/c1-22-31(23(2)41-36-22)28-12-13-30-29(20-28)19-25-8-7-9-26(18-25)21-37(14-15-39-16-17-40-30)34(38)32-33(42-24(3)35-32)27-10-5-4-6-11-27/h4-13,18,20H,14-17,19,21H2,1-3H3. The third-order valence-corrected chi connectivity index (χ3v) is 8.41. The van der Waals surface area contributed by atoms with Crippen LogP contribution in [0.25, 0.3) is 21.6 Å². The molecule has 3 heterocycles. The maximum atomic E-state index is 14.0. The number of carbonyl (C=O) groups is 1. The molecule has 5 aromatic rings. The molecule has 1 aliphatic heterocycles. The van der Waals surface area contributed by atoms with Crippen molar-refractivity contribution in [1.29, 1.82) is 0 Å². The number of nitrogens with zero attached hydrogens (tertiary/aromatic N) is 3. The van der Waals surface area contributed by atoms with Crippen LogP contribution in [0.2, 0.25) is 0 Å². The van der Waals surface area contributed by atoms with E-state index in [1.54, 1.807) is 11.3 Å². The number of ether oxygens (including phenoxy) is 2. The molecule has 8 heteroatoms. The molecule has 0 aliphatic carbocycles. The van der Waals surface area contributed by atoms with Crippen LogP contribution in [0.1, 0.15) is 43.6 Å². The van der Waals surface area contributed by atoms with Crippen LogP contribution in [0.4, 0.5) is 0 Å². The first kappa shape index (κ1) is 27.9. The van der Waals surface area contributed by atoms with Crippen LogP contribution in [-0.2, 0) is 17.7 Å². The van der Waals surface area contributed by atoms with Gasteiger partial charge in [-0.25, -0.2) is 4.98 Å². The maximum Gasteiger partial charge on any atom is 0.274 e. The molecule has 0 unspecified atom stereocenters. The Kier molecular flexibility index (Phi) is 8.17. The van der Waals surface area contributed by atoms with Gasteiger partial charge < -0.3 is 18.9 Å². The Labute approximate surface area is 249 Å². The molecule has 0 radical (unpaired) electrons. The monoisotopic (exact) mass is 579 g/mol. The van der Waals surface area contributed by atoms with Gasteiger partial charge in [-0.05, 0) is 60.7 Å². The number of hydrogen-bond acceptors (Lipinski definition) is 7. The van der Waals surface area contributed by atoms with Gasteiger partial charge in [-0.15, -0.1) is 11.3 Å². The summed E-state index contributed by atoms with van der Waals surface area (Å²) in [5.74, 6) is 1.53. The van der Waals surface area contributed by atoms with Crippen molar-refractivity contribution in [1.82, 2.24) is 15.0 Å². The highest BCUT2D eigenvalue weighted by Crippen LogP contribution is 2.33. The molecule has 1 aliphatic rings. The second-order valence-corrected chi connectivity index (χ2v) is 11.7. The van der Waals surface area contributed by atoms with Crippen molar-refractivity contribution in [3.63, 3.8) is 0 Å². The lowest BCUT2D eigenvalue weighted by atomic mass is 9.96. The number of amides is 1. The topological polar surface area (TPSA) is 77.7 Å². The van der Waals surface area contributed by atoms with E-state index in [0.29, 0.717) is 45.0 Å². The molecule has 0 spiro atoms. The van der Waals surface area contributed by atoms with E-state index >= 15 is 0 Å². The highest BCUT2D eigenvalue weighted by molar-refractivity contribution is 7.15. The van der Waals surface area contributed by atoms with Crippen molar-refractivity contribution in [3.8, 4) is 27.3 Å². The van der Waals surface area contributed by atoms with E-state index in [9.17, 15) is 4.79 Å². The fraction of sp³-hybridized carbons (Fsp3) is 0.265. The van der Waals surface area contributed by atoms with Crippen LogP contribution >= 0.6 is 11.3 Å². The SMILES string of the molecule is Cc1nc(C(=O)N2CCOCCOc3ccc(-c4c(C)noc4C)cc3Cc3cccc(c3)C2)c(-c2ccccc2)s1. The van der Waals surface area contributed by atoms with Crippen molar-refractivity contribution in [2.45, 2.75) is 33.7 Å². The summed E-state index contributed by atoms with van der Waals surface area (Å²) in [7, 11) is 0. The van der Waals surface area contributed by atoms with Crippen molar-refractivity contribution in [2.75, 3.05) is 26.4 Å². The number of fused-ring (bicyclic) bond motifs is 3. The first-order valence-corrected chi connectivity index (χ1v) is 14.9. The van der Waals surface area contributed by atoms with Gasteiger partial charge in [0.2, 0.25) is 0 Å². The lowest BCUT2D eigenvalue weighted by Gasteiger charge is -2.23. The summed E-state index contributed by atoms with van der Waals surface area (Å²) in [6, 6.07) is 24.6. The summed E-state index contributed by atoms with van der Waals surface area (Å²) in [5, 5.41) is 5.00. The van der Waals surface area contributed by atoms with E-state index in [4.69, 9.17) is 14.0 Å². The first-order valence-electron chi connectivity index (χ1n) is 14.1. The van der Waals surface area contributed by atoms with Gasteiger partial charge in [0.05, 0.1) is 28.8 Å². The van der Waals surface area contributed by atoms with Crippen molar-refractivity contribution in [3.05, 3.63) is 112 Å². The Morgan fingerprint density at radius 3 is 2.52 bits per heavy atom. The molecule has 0 saturated carbocycles. The van der Waals surface area contributed by atoms with E-state index in [1.165, 1.54) is 0 Å². The third-order valence-electron chi connectivity index (χ3n) is 7.39. The van der Waals surface area contributed by atoms with Crippen LogP contribution in [0.5, 0.6) is 5.75 Å². The lowest BCUT2D eigenvalue weighted by molar-refractivity contribution is 0.0568. The Hall–Kier alpha value is -4.27. The van der Waals surface area contributed by atoms with Gasteiger partial charge in [0.15, 0.2) is 0 Å². The molecule has 0 N–H and O–H groups in total. The second kappa shape index (κ2) is 12.3. The zero-order chi connectivity index (χ0) is 29.1. The van der Waals surface area contributed by atoms with Gasteiger partial charge in [0.25, 0.3) is 5.91 Å². The molecule has 214 valence electrons. The fourth-order valence-corrected chi connectivity index (χ4v) is 6.35. The predicted octanol–water partition coefficient (Wildman–Crippen LogP) is 7.03. The molecular weight excluding hydrogens is 546 g/mol. The number of hydrogen-bond donors (Lipinski definition) is 0. The Bertz CT molecular complexity index is 1690. The molecule has 42 heavy (non-hydrogen) atoms. The predicted molar refractivity (Wildman–Crippen MR) is 164 cm³/mol. The van der Waals surface area contributed by atoms with Gasteiger partial charge in [0, 0.05) is 25.1 Å². The zero-order valence-corrected chi connectivity index (χ0v) is 24.9. The molecule has 6 rings (SSSR count). The van der Waals surface area contributed by atoms with Gasteiger partial charge in [-0.3, -0.25) is 4.79 Å². The third kappa shape index (κ3) is 6.00. The van der Waals surface area contributed by atoms with Crippen molar-refractivity contribution in [2.24, 2.45) is 0 Å². The number of thiazole rings is 1. The molecule has 2 aromatic heterocycles. The highest BCUT2D eigenvalue weighted by atomic mass is 32.1. The summed E-state index contributed by atoms with van der Waals surface area (Å²) >= 11 is 1.55. The lowest BCUT2D eigenvalue weighted by Crippen LogP contribution is -2.34. The van der Waals surface area contributed by atoms with E-state index in [2.05, 4.69) is 46.5 Å². The Balaban J connectivity index is 1.32. The molecule has 0 saturated heterocycles. The number of aromatic nitrogens is 2. The zero-order valence-electron chi connectivity index (χ0n) is 24.1. The van der Waals surface area contributed by atoms with Crippen molar-refractivity contribution < 1.29 is 18.8 Å². The summed E-state index contributed by atoms with van der Waals surface area (Å²) in [4.78, 5) is 21.4. The first-order chi connectivity index (χ1) is 20.5. The molecule has 0 fully saturated rings. The number of rotatable bonds is 3. The van der Waals surface area contributed by atoms with E-state index < -0.39 is 0 Å². The molecule has 1 amide bonds. The Morgan fingerprint density at radius 2 is 1.71 bits per heavy atom. The fourth-order valence-electron chi connectivity index (χ4n) is 5.43. The highest BCUT2D eigenvalue weighted by Gasteiger charge is 2.24. The summed E-state index contributed by atoms with van der Waals surface area (Å²) in [6.07, 6.45) is 0.679. The number of aryl methyl sites for hydroxylation is 3. The number of carbonyl (C=O) groups excluding carboxylic acids is 1. The van der Waals surface area contributed by atoms with Crippen molar-refractivity contribution >= 4 is 17.2 Å². The van der Waals surface area contributed by atoms with E-state index in [-0.39, 0.29) is 5.91 Å². The van der Waals surface area contributed by atoms with Crippen LogP contribution in [0, 0.1) is 20.8 Å². The van der Waals surface area contributed by atoms with Gasteiger partial charge in [0.1, 0.15) is 23.8 Å². The molecular formula is C34H33N3O4S. The largest absolute Gasteiger partial charge is 0.491 e. The average Bonchev–Trinajstić information content (AvgIpc) is 3.55. The summed E-state index contributed by atoms with van der Waals surface area (Å²) in [6.45, 7) is 7.97. The number of benzene rings is 3. The minimum absolute atomic E-state index is 0.0926. The van der Waals surface area contributed by atoms with Crippen LogP contribution < -0.4 is 4.74 Å². The van der Waals surface area contributed by atoms with Gasteiger partial charge in [-0.1, -0.05) is 65.8 Å². The van der Waals surface area contributed by atoms with Gasteiger partial charge in [-0.2, -0.15) is 0 Å². The minimum atomic E-state index is -0.0926. The molecule has 3 aromatic carbocycles. The quantitative estimate of drug-likeness (QED) is 0.228. The molecule has 7 nitrogen and oxygen atoms in total. The normalized spacial score (nSPS) is 14.1. The summed E-state index contributed by atoms with van der Waals surface area (Å²) in [5.41, 5.74) is 7.67. The maximum absolute atomic E-state index is 14.0. The minimum Gasteiger partial charge on any atom is -0.491 e. The van der Waals surface area contributed by atoms with Crippen LogP contribution in [0.3, 0.4) is 0 Å². The van der Waals surface area contributed by atoms with Crippen LogP contribution in [-0.4, -0.2) is 47.3 Å². The smallest absolute Gasteiger partial charge is 0.274 e. The Morgan fingerprint density at radius 1 is 0.881 bits per heavy atom.